The Labute approximate surface area is 174 Å². The van der Waals surface area contributed by atoms with Crippen LogP contribution in [0.1, 0.15) is 36.6 Å². The third-order valence-corrected chi connectivity index (χ3v) is 6.47. The minimum absolute atomic E-state index is 0.0273. The van der Waals surface area contributed by atoms with Crippen LogP contribution >= 0.6 is 0 Å². The van der Waals surface area contributed by atoms with Gasteiger partial charge < -0.3 is 5.32 Å². The molecule has 5 heteroatoms. The fourth-order valence-electron chi connectivity index (χ4n) is 3.25. The van der Waals surface area contributed by atoms with Gasteiger partial charge in [-0.1, -0.05) is 78.4 Å². The Morgan fingerprint density at radius 2 is 1.28 bits per heavy atom. The maximum atomic E-state index is 12.8. The maximum absolute atomic E-state index is 12.8. The third kappa shape index (κ3) is 5.76. The highest BCUT2D eigenvalue weighted by molar-refractivity contribution is 7.89. The molecule has 3 aromatic carbocycles. The summed E-state index contributed by atoms with van der Waals surface area (Å²) in [5.41, 5.74) is 2.62. The van der Waals surface area contributed by atoms with Crippen molar-refractivity contribution < 1.29 is 8.42 Å². The predicted molar refractivity (Wildman–Crippen MR) is 118 cm³/mol. The van der Waals surface area contributed by atoms with Crippen LogP contribution in [0, 0.1) is 6.92 Å². The van der Waals surface area contributed by atoms with Crippen molar-refractivity contribution in [2.45, 2.75) is 37.2 Å². The van der Waals surface area contributed by atoms with Gasteiger partial charge in [-0.3, -0.25) is 0 Å². The van der Waals surface area contributed by atoms with Crippen LogP contribution in [0.4, 0.5) is 0 Å². The highest BCUT2D eigenvalue weighted by atomic mass is 32.2. The fourth-order valence-corrected chi connectivity index (χ4v) is 4.66. The second kappa shape index (κ2) is 8.91. The molecule has 0 bridgehead atoms. The van der Waals surface area contributed by atoms with Crippen molar-refractivity contribution in [2.24, 2.45) is 0 Å². The van der Waals surface area contributed by atoms with Gasteiger partial charge in [0.2, 0.25) is 10.0 Å². The highest BCUT2D eigenvalue weighted by Crippen LogP contribution is 2.23. The lowest BCUT2D eigenvalue weighted by Crippen LogP contribution is -2.50. The standard InChI is InChI=1S/C24H28N2O2S/c1-19-14-16-22(17-15-19)29(27,28)26-24(2,3)18-25-23(20-10-6-4-7-11-20)21-12-8-5-9-13-21/h4-17,23,25-26H,18H2,1-3H3. The van der Waals surface area contributed by atoms with Gasteiger partial charge in [0.25, 0.3) is 0 Å². The molecule has 0 heterocycles. The molecule has 0 unspecified atom stereocenters. The lowest BCUT2D eigenvalue weighted by atomic mass is 9.97. The molecular formula is C24H28N2O2S. The van der Waals surface area contributed by atoms with Crippen LogP contribution in [-0.4, -0.2) is 20.5 Å². The van der Waals surface area contributed by atoms with Crippen LogP contribution in [0.5, 0.6) is 0 Å². The Morgan fingerprint density at radius 3 is 1.76 bits per heavy atom. The van der Waals surface area contributed by atoms with Crippen LogP contribution < -0.4 is 10.0 Å². The molecule has 4 nitrogen and oxygen atoms in total. The molecule has 29 heavy (non-hydrogen) atoms. The van der Waals surface area contributed by atoms with Gasteiger partial charge in [0.05, 0.1) is 10.9 Å². The molecule has 0 aromatic heterocycles. The minimum atomic E-state index is -3.60. The zero-order chi connectivity index (χ0) is 20.9. The van der Waals surface area contributed by atoms with E-state index < -0.39 is 15.6 Å². The van der Waals surface area contributed by atoms with Crippen molar-refractivity contribution in [3.63, 3.8) is 0 Å². The zero-order valence-corrected chi connectivity index (χ0v) is 17.9. The van der Waals surface area contributed by atoms with E-state index in [0.29, 0.717) is 6.54 Å². The van der Waals surface area contributed by atoms with Gasteiger partial charge in [0, 0.05) is 12.1 Å². The molecule has 2 N–H and O–H groups in total. The Bertz CT molecular complexity index is 976. The van der Waals surface area contributed by atoms with E-state index in [0.717, 1.165) is 16.7 Å². The van der Waals surface area contributed by atoms with Gasteiger partial charge in [-0.2, -0.15) is 0 Å². The first-order valence-electron chi connectivity index (χ1n) is 9.71. The average Bonchev–Trinajstić information content (AvgIpc) is 2.69. The molecule has 0 fully saturated rings. The van der Waals surface area contributed by atoms with E-state index in [2.05, 4.69) is 34.3 Å². The third-order valence-electron chi connectivity index (χ3n) is 4.76. The molecule has 0 atom stereocenters. The predicted octanol–water partition coefficient (Wildman–Crippen LogP) is 4.43. The van der Waals surface area contributed by atoms with Crippen molar-refractivity contribution in [1.29, 1.82) is 0 Å². The Balaban J connectivity index is 1.77. The number of sulfonamides is 1. The molecule has 0 radical (unpaired) electrons. The summed E-state index contributed by atoms with van der Waals surface area (Å²) >= 11 is 0. The molecule has 0 aliphatic carbocycles. The van der Waals surface area contributed by atoms with Crippen molar-refractivity contribution in [3.05, 3.63) is 102 Å². The first-order valence-corrected chi connectivity index (χ1v) is 11.2. The summed E-state index contributed by atoms with van der Waals surface area (Å²) < 4.78 is 28.4. The molecule has 0 saturated carbocycles. The molecular weight excluding hydrogens is 380 g/mol. The Kier molecular flexibility index (Phi) is 6.52. The fraction of sp³-hybridized carbons (Fsp3) is 0.250. The quantitative estimate of drug-likeness (QED) is 0.580. The summed E-state index contributed by atoms with van der Waals surface area (Å²) in [6, 6.07) is 27.2. The van der Waals surface area contributed by atoms with Crippen LogP contribution in [-0.2, 0) is 10.0 Å². The van der Waals surface area contributed by atoms with E-state index >= 15 is 0 Å². The summed E-state index contributed by atoms with van der Waals surface area (Å²) in [6.07, 6.45) is 0. The topological polar surface area (TPSA) is 58.2 Å². The van der Waals surface area contributed by atoms with Gasteiger partial charge in [0.1, 0.15) is 0 Å². The minimum Gasteiger partial charge on any atom is -0.304 e. The van der Waals surface area contributed by atoms with Crippen molar-refractivity contribution in [1.82, 2.24) is 10.0 Å². The first kappa shape index (κ1) is 21.2. The number of aryl methyl sites for hydroxylation is 1. The lowest BCUT2D eigenvalue weighted by Gasteiger charge is -2.30. The summed E-state index contributed by atoms with van der Waals surface area (Å²) in [7, 11) is -3.60. The van der Waals surface area contributed by atoms with Crippen LogP contribution in [0.25, 0.3) is 0 Å². The van der Waals surface area contributed by atoms with Gasteiger partial charge in [-0.05, 0) is 44.0 Å². The molecule has 0 spiro atoms. The van der Waals surface area contributed by atoms with E-state index in [4.69, 9.17) is 0 Å². The van der Waals surface area contributed by atoms with Gasteiger partial charge in [-0.25, -0.2) is 13.1 Å². The average molecular weight is 409 g/mol. The molecule has 0 aliphatic rings. The Morgan fingerprint density at radius 1 is 0.793 bits per heavy atom. The van der Waals surface area contributed by atoms with E-state index in [1.165, 1.54) is 0 Å². The molecule has 0 aliphatic heterocycles. The zero-order valence-electron chi connectivity index (χ0n) is 17.1. The first-order chi connectivity index (χ1) is 13.8. The molecule has 3 aromatic rings. The second-order valence-corrected chi connectivity index (χ2v) is 9.62. The molecule has 0 amide bonds. The number of benzene rings is 3. The van der Waals surface area contributed by atoms with E-state index in [-0.39, 0.29) is 10.9 Å². The second-order valence-electron chi connectivity index (χ2n) is 7.94. The van der Waals surface area contributed by atoms with E-state index in [1.54, 1.807) is 24.3 Å². The van der Waals surface area contributed by atoms with Crippen molar-refractivity contribution in [3.8, 4) is 0 Å². The summed E-state index contributed by atoms with van der Waals surface area (Å²) in [5, 5.41) is 3.55. The largest absolute Gasteiger partial charge is 0.304 e. The summed E-state index contributed by atoms with van der Waals surface area (Å²) in [5.74, 6) is 0. The van der Waals surface area contributed by atoms with Crippen molar-refractivity contribution >= 4 is 10.0 Å². The number of rotatable bonds is 8. The van der Waals surface area contributed by atoms with Crippen LogP contribution in [0.3, 0.4) is 0 Å². The molecule has 0 saturated heterocycles. The maximum Gasteiger partial charge on any atom is 0.241 e. The van der Waals surface area contributed by atoms with Crippen molar-refractivity contribution in [2.75, 3.05) is 6.54 Å². The Hall–Kier alpha value is -2.47. The monoisotopic (exact) mass is 408 g/mol. The van der Waals surface area contributed by atoms with Gasteiger partial charge in [-0.15, -0.1) is 0 Å². The number of nitrogens with one attached hydrogen (secondary N) is 2. The lowest BCUT2D eigenvalue weighted by molar-refractivity contribution is 0.405. The van der Waals surface area contributed by atoms with E-state index in [9.17, 15) is 8.42 Å². The van der Waals surface area contributed by atoms with Crippen LogP contribution in [0.2, 0.25) is 0 Å². The summed E-state index contributed by atoms with van der Waals surface area (Å²) in [4.78, 5) is 0.277. The summed E-state index contributed by atoms with van der Waals surface area (Å²) in [6.45, 7) is 6.18. The van der Waals surface area contributed by atoms with E-state index in [1.807, 2.05) is 57.2 Å². The van der Waals surface area contributed by atoms with Gasteiger partial charge in [0.15, 0.2) is 0 Å². The molecule has 3 rings (SSSR count). The normalized spacial score (nSPS) is 12.3. The molecule has 152 valence electrons. The highest BCUT2D eigenvalue weighted by Gasteiger charge is 2.27. The number of hydrogen-bond acceptors (Lipinski definition) is 3. The SMILES string of the molecule is Cc1ccc(S(=O)(=O)NC(C)(C)CNC(c2ccccc2)c2ccccc2)cc1. The smallest absolute Gasteiger partial charge is 0.241 e. The number of hydrogen-bond donors (Lipinski definition) is 2. The van der Waals surface area contributed by atoms with Crippen LogP contribution in [0.15, 0.2) is 89.8 Å². The van der Waals surface area contributed by atoms with Gasteiger partial charge >= 0.3 is 0 Å².